The summed E-state index contributed by atoms with van der Waals surface area (Å²) in [6, 6.07) is 10.4. The molecule has 1 aliphatic rings. The molecule has 5 heteroatoms. The Hall–Kier alpha value is -2.79. The van der Waals surface area contributed by atoms with Crippen LogP contribution in [0.3, 0.4) is 0 Å². The second-order valence-corrected chi connectivity index (χ2v) is 9.83. The molecule has 0 radical (unpaired) electrons. The van der Waals surface area contributed by atoms with Gasteiger partial charge in [-0.3, -0.25) is 4.79 Å². The lowest BCUT2D eigenvalue weighted by Gasteiger charge is -2.34. The number of anilines is 1. The molecule has 0 N–H and O–H groups in total. The minimum absolute atomic E-state index is 0.0129. The van der Waals surface area contributed by atoms with Gasteiger partial charge in [0.05, 0.1) is 23.9 Å². The Morgan fingerprint density at radius 1 is 1.09 bits per heavy atom. The number of aromatic nitrogens is 1. The second kappa shape index (κ2) is 7.96. The summed E-state index contributed by atoms with van der Waals surface area (Å²) in [5, 5.41) is 1.17. The highest BCUT2D eigenvalue weighted by Crippen LogP contribution is 2.47. The van der Waals surface area contributed by atoms with Crippen molar-refractivity contribution in [1.82, 2.24) is 4.57 Å². The number of carbonyl (C=O) groups is 1. The molecule has 0 spiro atoms. The number of ether oxygens (including phenoxy) is 2. The van der Waals surface area contributed by atoms with E-state index in [4.69, 9.17) is 9.47 Å². The maximum atomic E-state index is 13.0. The number of hydrogen-bond acceptors (Lipinski definition) is 4. The van der Waals surface area contributed by atoms with Gasteiger partial charge >= 0.3 is 0 Å². The number of aryl methyl sites for hydroxylation is 1. The third-order valence-corrected chi connectivity index (χ3v) is 6.35. The lowest BCUT2D eigenvalue weighted by molar-refractivity contribution is -0.138. The summed E-state index contributed by atoms with van der Waals surface area (Å²) < 4.78 is 14.2. The minimum atomic E-state index is -0.647. The van der Waals surface area contributed by atoms with Crippen molar-refractivity contribution in [1.29, 1.82) is 0 Å². The van der Waals surface area contributed by atoms with E-state index in [1.807, 2.05) is 32.9 Å². The van der Waals surface area contributed by atoms with Crippen LogP contribution in [0.1, 0.15) is 50.6 Å². The summed E-state index contributed by atoms with van der Waals surface area (Å²) in [6.45, 7) is 13.8. The molecule has 0 aliphatic carbocycles. The Morgan fingerprint density at radius 3 is 2.31 bits per heavy atom. The van der Waals surface area contributed by atoms with Gasteiger partial charge in [-0.15, -0.1) is 0 Å². The van der Waals surface area contributed by atoms with Crippen molar-refractivity contribution in [3.8, 4) is 16.9 Å². The first kappa shape index (κ1) is 22.4. The van der Waals surface area contributed by atoms with Crippen molar-refractivity contribution < 1.29 is 14.3 Å². The normalized spacial score (nSPS) is 14.7. The fourth-order valence-electron chi connectivity index (χ4n) is 4.97. The molecule has 0 unspecified atom stereocenters. The number of hydrogen-bond donors (Lipinski definition) is 0. The molecule has 4 rings (SSSR count). The molecule has 0 fully saturated rings. The Morgan fingerprint density at radius 2 is 1.75 bits per heavy atom. The van der Waals surface area contributed by atoms with Crippen molar-refractivity contribution >= 4 is 22.4 Å². The Bertz CT molecular complexity index is 1180. The first-order valence-corrected chi connectivity index (χ1v) is 11.2. The fraction of sp³-hybridized carbons (Fsp3) is 0.444. The van der Waals surface area contributed by atoms with Gasteiger partial charge in [-0.05, 0) is 76.4 Å². The summed E-state index contributed by atoms with van der Waals surface area (Å²) in [4.78, 5) is 15.3. The number of likely N-dealkylation sites (N-methyl/N-ethyl adjacent to an activating group) is 1. The first-order valence-electron chi connectivity index (χ1n) is 11.2. The number of benzene rings is 2. The van der Waals surface area contributed by atoms with Crippen LogP contribution in [0.2, 0.25) is 0 Å². The summed E-state index contributed by atoms with van der Waals surface area (Å²) in [7, 11) is 3.81. The molecular formula is C27H34N2O3. The molecule has 0 amide bonds. The van der Waals surface area contributed by atoms with Gasteiger partial charge in [0.15, 0.2) is 5.78 Å². The van der Waals surface area contributed by atoms with Gasteiger partial charge in [-0.25, -0.2) is 0 Å². The molecular weight excluding hydrogens is 400 g/mol. The Labute approximate surface area is 190 Å². The molecule has 0 saturated heterocycles. The summed E-state index contributed by atoms with van der Waals surface area (Å²) in [5.74, 6) is 0.822. The third-order valence-electron chi connectivity index (χ3n) is 6.35. The summed E-state index contributed by atoms with van der Waals surface area (Å²) in [6.07, 6.45) is -0.647. The Kier molecular flexibility index (Phi) is 5.58. The largest absolute Gasteiger partial charge is 0.497 e. The molecule has 2 aromatic carbocycles. The van der Waals surface area contributed by atoms with Gasteiger partial charge < -0.3 is 18.9 Å². The van der Waals surface area contributed by atoms with Gasteiger partial charge in [0.2, 0.25) is 0 Å². The lowest BCUT2D eigenvalue weighted by Crippen LogP contribution is -2.31. The lowest BCUT2D eigenvalue weighted by atomic mass is 9.86. The van der Waals surface area contributed by atoms with Crippen molar-refractivity contribution in [3.63, 3.8) is 0 Å². The molecule has 170 valence electrons. The van der Waals surface area contributed by atoms with Gasteiger partial charge in [0.1, 0.15) is 11.9 Å². The number of rotatable bonds is 5. The summed E-state index contributed by atoms with van der Waals surface area (Å²) >= 11 is 0. The minimum Gasteiger partial charge on any atom is -0.497 e. The zero-order chi connectivity index (χ0) is 23.4. The molecule has 0 saturated carbocycles. The number of nitrogens with zero attached hydrogens (tertiary/aromatic N) is 2. The fourth-order valence-corrected chi connectivity index (χ4v) is 4.97. The van der Waals surface area contributed by atoms with E-state index < -0.39 is 11.7 Å². The molecule has 2 heterocycles. The van der Waals surface area contributed by atoms with E-state index in [0.717, 1.165) is 41.1 Å². The van der Waals surface area contributed by atoms with Crippen LogP contribution in [0, 0.1) is 13.8 Å². The average molecular weight is 435 g/mol. The highest BCUT2D eigenvalue weighted by atomic mass is 16.5. The van der Waals surface area contributed by atoms with Gasteiger partial charge in [0.25, 0.3) is 0 Å². The molecule has 1 aliphatic heterocycles. The topological polar surface area (TPSA) is 43.7 Å². The highest BCUT2D eigenvalue weighted by molar-refractivity contribution is 6.08. The number of carbonyl (C=O) groups excluding carboxylic acids is 1. The highest BCUT2D eigenvalue weighted by Gasteiger charge is 2.33. The van der Waals surface area contributed by atoms with Crippen LogP contribution >= 0.6 is 0 Å². The zero-order valence-electron chi connectivity index (χ0n) is 20.5. The predicted octanol–water partition coefficient (Wildman–Crippen LogP) is 5.83. The molecule has 3 aromatic rings. The molecule has 5 nitrogen and oxygen atoms in total. The SMILES string of the molecule is COc1ccc(-c2c([C@H](OC(C)(C)C)C(C)=O)c(C)c3c4c2cc(C)n4CCN3C)cc1. The van der Waals surface area contributed by atoms with E-state index in [0.29, 0.717) is 0 Å². The quantitative estimate of drug-likeness (QED) is 0.507. The molecule has 0 bridgehead atoms. The zero-order valence-corrected chi connectivity index (χ0v) is 20.5. The van der Waals surface area contributed by atoms with E-state index >= 15 is 0 Å². The Balaban J connectivity index is 2.13. The predicted molar refractivity (Wildman–Crippen MR) is 131 cm³/mol. The third kappa shape index (κ3) is 3.69. The molecule has 1 aromatic heterocycles. The van der Waals surface area contributed by atoms with Crippen molar-refractivity contribution in [2.45, 2.75) is 59.8 Å². The van der Waals surface area contributed by atoms with Crippen LogP contribution in [0.15, 0.2) is 30.3 Å². The van der Waals surface area contributed by atoms with Crippen LogP contribution < -0.4 is 9.64 Å². The van der Waals surface area contributed by atoms with Gasteiger partial charge in [0, 0.05) is 36.8 Å². The van der Waals surface area contributed by atoms with Crippen molar-refractivity contribution in [2.75, 3.05) is 25.6 Å². The van der Waals surface area contributed by atoms with Crippen LogP contribution in [0.4, 0.5) is 5.69 Å². The van der Waals surface area contributed by atoms with E-state index in [1.54, 1.807) is 14.0 Å². The molecule has 1 atom stereocenters. The maximum absolute atomic E-state index is 13.0. The number of ketones is 1. The first-order chi connectivity index (χ1) is 15.0. The maximum Gasteiger partial charge on any atom is 0.163 e. The average Bonchev–Trinajstić information content (AvgIpc) is 3.05. The smallest absolute Gasteiger partial charge is 0.163 e. The van der Waals surface area contributed by atoms with E-state index in [9.17, 15) is 4.79 Å². The van der Waals surface area contributed by atoms with Crippen LogP contribution in [0.25, 0.3) is 22.0 Å². The van der Waals surface area contributed by atoms with Gasteiger partial charge in [-0.2, -0.15) is 0 Å². The second-order valence-electron chi connectivity index (χ2n) is 9.83. The van der Waals surface area contributed by atoms with Crippen LogP contribution in [-0.4, -0.2) is 36.7 Å². The number of Topliss-reactive ketones (excluding diaryl/α,β-unsaturated/α-hetero) is 1. The standard InChI is InChI=1S/C27H34N2O3/c1-16-15-21-23(19-9-11-20(31-8)12-10-19)22(26(18(3)30)32-27(4,5)6)17(2)24-25(21)29(16)14-13-28(24)7/h9-12,15,26H,13-14H2,1-8H3/t26-/m1/s1. The van der Waals surface area contributed by atoms with E-state index in [1.165, 1.54) is 22.3 Å². The van der Waals surface area contributed by atoms with Crippen molar-refractivity contribution in [3.05, 3.63) is 47.2 Å². The molecule has 32 heavy (non-hydrogen) atoms. The number of methoxy groups -OCH3 is 1. The van der Waals surface area contributed by atoms with Crippen LogP contribution in [0.5, 0.6) is 5.75 Å². The van der Waals surface area contributed by atoms with Gasteiger partial charge in [-0.1, -0.05) is 12.1 Å². The van der Waals surface area contributed by atoms with Crippen molar-refractivity contribution in [2.24, 2.45) is 0 Å². The monoisotopic (exact) mass is 434 g/mol. The summed E-state index contributed by atoms with van der Waals surface area (Å²) in [5.41, 5.74) is 7.41. The van der Waals surface area contributed by atoms with Crippen LogP contribution in [-0.2, 0) is 16.1 Å². The van der Waals surface area contributed by atoms with E-state index in [-0.39, 0.29) is 5.78 Å². The van der Waals surface area contributed by atoms with E-state index in [2.05, 4.69) is 48.6 Å².